The molecule has 26 heavy (non-hydrogen) atoms. The first-order valence-electron chi connectivity index (χ1n) is 8.50. The number of aliphatic carboxylic acids is 1. The Labute approximate surface area is 152 Å². The van der Waals surface area contributed by atoms with E-state index in [0.29, 0.717) is 35.8 Å². The fourth-order valence-electron chi connectivity index (χ4n) is 2.53. The Morgan fingerprint density at radius 3 is 2.27 bits per heavy atom. The summed E-state index contributed by atoms with van der Waals surface area (Å²) >= 11 is 0. The molecule has 0 saturated heterocycles. The summed E-state index contributed by atoms with van der Waals surface area (Å²) in [5.74, 6) is -0.539. The van der Waals surface area contributed by atoms with Crippen LogP contribution in [0.5, 0.6) is 11.5 Å². The van der Waals surface area contributed by atoms with Crippen molar-refractivity contribution in [2.45, 2.75) is 26.3 Å². The van der Waals surface area contributed by atoms with Crippen LogP contribution in [0.25, 0.3) is 0 Å². The molecule has 1 amide bonds. The zero-order valence-corrected chi connectivity index (χ0v) is 14.9. The van der Waals surface area contributed by atoms with Crippen molar-refractivity contribution in [2.75, 3.05) is 13.2 Å². The average molecular weight is 356 g/mol. The van der Waals surface area contributed by atoms with Crippen molar-refractivity contribution in [3.63, 3.8) is 0 Å². The van der Waals surface area contributed by atoms with E-state index in [0.717, 1.165) is 0 Å². The van der Waals surface area contributed by atoms with Crippen molar-refractivity contribution < 1.29 is 24.2 Å². The molecule has 1 unspecified atom stereocenters. The highest BCUT2D eigenvalue weighted by atomic mass is 16.5. The van der Waals surface area contributed by atoms with E-state index >= 15 is 0 Å². The van der Waals surface area contributed by atoms with Gasteiger partial charge in [-0.25, -0.2) is 0 Å². The van der Waals surface area contributed by atoms with Crippen LogP contribution in [0.15, 0.2) is 48.5 Å². The standard InChI is InChI=1S/C20H23NO5/c1-3-25-17-11-10-15(12-18(17)26-4-2)16(13-19(22)23)21-20(24)14-8-6-5-7-9-14/h5-12,16H,3-4,13H2,1-2H3,(H,21,24)(H,22,23)/p-1. The molecule has 0 radical (unpaired) electrons. The van der Waals surface area contributed by atoms with Gasteiger partial charge in [-0.3, -0.25) is 4.79 Å². The summed E-state index contributed by atoms with van der Waals surface area (Å²) in [4.78, 5) is 23.6. The van der Waals surface area contributed by atoms with Gasteiger partial charge in [0.05, 0.1) is 19.3 Å². The molecule has 6 nitrogen and oxygen atoms in total. The molecule has 0 aliphatic carbocycles. The average Bonchev–Trinajstić information content (AvgIpc) is 2.63. The van der Waals surface area contributed by atoms with E-state index in [9.17, 15) is 14.7 Å². The molecule has 0 bridgehead atoms. The summed E-state index contributed by atoms with van der Waals surface area (Å²) in [6, 6.07) is 13.0. The van der Waals surface area contributed by atoms with Gasteiger partial charge in [0.1, 0.15) is 0 Å². The summed E-state index contributed by atoms with van der Waals surface area (Å²) in [6.45, 7) is 4.62. The molecule has 1 N–H and O–H groups in total. The minimum absolute atomic E-state index is 0.349. The minimum Gasteiger partial charge on any atom is -0.550 e. The van der Waals surface area contributed by atoms with Crippen molar-refractivity contribution in [3.05, 3.63) is 59.7 Å². The Bertz CT molecular complexity index is 745. The smallest absolute Gasteiger partial charge is 0.251 e. The molecule has 2 aromatic rings. The minimum atomic E-state index is -1.25. The van der Waals surface area contributed by atoms with Gasteiger partial charge in [0.25, 0.3) is 5.91 Å². The third-order valence-corrected chi connectivity index (χ3v) is 3.68. The number of carbonyl (C=O) groups excluding carboxylic acids is 2. The normalized spacial score (nSPS) is 11.5. The number of rotatable bonds is 9. The second kappa shape index (κ2) is 9.46. The molecule has 1 atom stereocenters. The fourth-order valence-corrected chi connectivity index (χ4v) is 2.53. The van der Waals surface area contributed by atoms with Crippen molar-refractivity contribution in [2.24, 2.45) is 0 Å². The molecule has 6 heteroatoms. The quantitative estimate of drug-likeness (QED) is 0.743. The van der Waals surface area contributed by atoms with Crippen LogP contribution in [0.1, 0.15) is 42.2 Å². The Hall–Kier alpha value is -3.02. The monoisotopic (exact) mass is 356 g/mol. The molecule has 0 aliphatic heterocycles. The summed E-state index contributed by atoms with van der Waals surface area (Å²) in [7, 11) is 0. The van der Waals surface area contributed by atoms with Gasteiger partial charge in [-0.2, -0.15) is 0 Å². The highest BCUT2D eigenvalue weighted by molar-refractivity contribution is 5.94. The van der Waals surface area contributed by atoms with E-state index in [1.54, 1.807) is 48.5 Å². The number of hydrogen-bond acceptors (Lipinski definition) is 5. The van der Waals surface area contributed by atoms with Crippen LogP contribution in [-0.4, -0.2) is 25.1 Å². The SMILES string of the molecule is CCOc1ccc(C(CC(=O)[O-])NC(=O)c2ccccc2)cc1OCC. The van der Waals surface area contributed by atoms with Gasteiger partial charge in [-0.15, -0.1) is 0 Å². The molecule has 0 aliphatic rings. The molecule has 0 heterocycles. The number of ether oxygens (including phenoxy) is 2. The first kappa shape index (κ1) is 19.3. The predicted molar refractivity (Wildman–Crippen MR) is 95.1 cm³/mol. The van der Waals surface area contributed by atoms with Crippen molar-refractivity contribution >= 4 is 11.9 Å². The zero-order chi connectivity index (χ0) is 18.9. The zero-order valence-electron chi connectivity index (χ0n) is 14.9. The molecular weight excluding hydrogens is 334 g/mol. The van der Waals surface area contributed by atoms with E-state index < -0.39 is 12.0 Å². The number of nitrogens with one attached hydrogen (secondary N) is 1. The number of amides is 1. The fraction of sp³-hybridized carbons (Fsp3) is 0.300. The highest BCUT2D eigenvalue weighted by Crippen LogP contribution is 2.31. The van der Waals surface area contributed by atoms with Gasteiger partial charge in [0.2, 0.25) is 0 Å². The van der Waals surface area contributed by atoms with Crippen LogP contribution >= 0.6 is 0 Å². The maximum absolute atomic E-state index is 12.4. The van der Waals surface area contributed by atoms with Gasteiger partial charge < -0.3 is 24.7 Å². The molecule has 0 fully saturated rings. The number of benzene rings is 2. The lowest BCUT2D eigenvalue weighted by Gasteiger charge is -2.21. The number of carboxylic acids is 1. The number of hydrogen-bond donors (Lipinski definition) is 1. The number of carbonyl (C=O) groups is 2. The van der Waals surface area contributed by atoms with Crippen LogP contribution in [-0.2, 0) is 4.79 Å². The summed E-state index contributed by atoms with van der Waals surface area (Å²) in [5, 5.41) is 13.9. The lowest BCUT2D eigenvalue weighted by atomic mass is 10.0. The van der Waals surface area contributed by atoms with E-state index in [-0.39, 0.29) is 12.3 Å². The van der Waals surface area contributed by atoms with E-state index in [4.69, 9.17) is 9.47 Å². The number of carboxylic acid groups (broad SMARTS) is 1. The highest BCUT2D eigenvalue weighted by Gasteiger charge is 2.18. The first-order chi connectivity index (χ1) is 12.5. The van der Waals surface area contributed by atoms with Crippen LogP contribution < -0.4 is 19.9 Å². The lowest BCUT2D eigenvalue weighted by molar-refractivity contribution is -0.306. The topological polar surface area (TPSA) is 87.7 Å². The van der Waals surface area contributed by atoms with Gasteiger partial charge in [-0.1, -0.05) is 24.3 Å². The third kappa shape index (κ3) is 5.24. The lowest BCUT2D eigenvalue weighted by Crippen LogP contribution is -2.34. The van der Waals surface area contributed by atoms with E-state index in [1.807, 2.05) is 13.8 Å². The predicted octanol–water partition coefficient (Wildman–Crippen LogP) is 2.10. The Morgan fingerprint density at radius 1 is 1.00 bits per heavy atom. The maximum atomic E-state index is 12.4. The molecule has 0 aromatic heterocycles. The molecule has 138 valence electrons. The molecule has 0 saturated carbocycles. The van der Waals surface area contributed by atoms with Crippen molar-refractivity contribution in [1.82, 2.24) is 5.32 Å². The molecule has 0 spiro atoms. The second-order valence-corrected chi connectivity index (χ2v) is 5.54. The van der Waals surface area contributed by atoms with Crippen molar-refractivity contribution in [3.8, 4) is 11.5 Å². The van der Waals surface area contributed by atoms with E-state index in [2.05, 4.69) is 5.32 Å². The van der Waals surface area contributed by atoms with E-state index in [1.165, 1.54) is 0 Å². The molecular formula is C20H22NO5-. The molecule has 2 rings (SSSR count). The van der Waals surface area contributed by atoms with Gasteiger partial charge in [-0.05, 0) is 43.7 Å². The van der Waals surface area contributed by atoms with Gasteiger partial charge in [0.15, 0.2) is 11.5 Å². The first-order valence-corrected chi connectivity index (χ1v) is 8.50. The second-order valence-electron chi connectivity index (χ2n) is 5.54. The summed E-state index contributed by atoms with van der Waals surface area (Å²) in [5.41, 5.74) is 1.05. The van der Waals surface area contributed by atoms with Crippen molar-refractivity contribution in [1.29, 1.82) is 0 Å². The van der Waals surface area contributed by atoms with Crippen LogP contribution in [0, 0.1) is 0 Å². The third-order valence-electron chi connectivity index (χ3n) is 3.68. The summed E-state index contributed by atoms with van der Waals surface area (Å²) < 4.78 is 11.1. The van der Waals surface area contributed by atoms with Crippen LogP contribution in [0.2, 0.25) is 0 Å². The van der Waals surface area contributed by atoms with Crippen LogP contribution in [0.3, 0.4) is 0 Å². The molecule has 2 aromatic carbocycles. The van der Waals surface area contributed by atoms with Crippen LogP contribution in [0.4, 0.5) is 0 Å². The Balaban J connectivity index is 2.29. The maximum Gasteiger partial charge on any atom is 0.251 e. The van der Waals surface area contributed by atoms with Gasteiger partial charge in [0, 0.05) is 18.0 Å². The van der Waals surface area contributed by atoms with Gasteiger partial charge >= 0.3 is 0 Å². The summed E-state index contributed by atoms with van der Waals surface area (Å²) in [6.07, 6.45) is -0.349. The largest absolute Gasteiger partial charge is 0.550 e. The Kier molecular flexibility index (Phi) is 7.02. The Morgan fingerprint density at radius 2 is 1.65 bits per heavy atom.